The summed E-state index contributed by atoms with van der Waals surface area (Å²) < 4.78 is 40.3. The fourth-order valence-electron chi connectivity index (χ4n) is 4.07. The molecule has 1 N–H and O–H groups in total. The highest BCUT2D eigenvalue weighted by Gasteiger charge is 2.28. The molecule has 4 rings (SSSR count). The summed E-state index contributed by atoms with van der Waals surface area (Å²) in [7, 11) is -2.55. The van der Waals surface area contributed by atoms with E-state index in [9.17, 15) is 13.2 Å². The van der Waals surface area contributed by atoms with Gasteiger partial charge in [0.05, 0.1) is 28.4 Å². The number of rotatable bonds is 11. The molecule has 0 saturated carbocycles. The van der Waals surface area contributed by atoms with E-state index in [0.717, 1.165) is 15.4 Å². The van der Waals surface area contributed by atoms with Crippen LogP contribution in [0.15, 0.2) is 93.3 Å². The lowest BCUT2D eigenvalue weighted by molar-refractivity contribution is -0.119. The van der Waals surface area contributed by atoms with Crippen LogP contribution in [-0.4, -0.2) is 34.2 Å². The molecular weight excluding hydrogens is 677 g/mol. The largest absolute Gasteiger partial charge is 0.493 e. The molecule has 0 bridgehead atoms. The second-order valence-corrected chi connectivity index (χ2v) is 13.0. The van der Waals surface area contributed by atoms with Crippen LogP contribution in [0, 0.1) is 13.8 Å². The SMILES string of the molecule is COc1cc(/C=N\NC(=O)CN(c2ccccc2C)S(=O)(=O)c2ccc(C)cc2)cc(Br)c1OCc1ccc(Cl)cc1Cl. The van der Waals surface area contributed by atoms with E-state index in [-0.39, 0.29) is 11.5 Å². The van der Waals surface area contributed by atoms with Gasteiger partial charge in [-0.15, -0.1) is 0 Å². The van der Waals surface area contributed by atoms with Crippen LogP contribution in [0.5, 0.6) is 11.5 Å². The number of methoxy groups -OCH3 is 1. The first-order valence-corrected chi connectivity index (χ1v) is 15.9. The van der Waals surface area contributed by atoms with Crippen molar-refractivity contribution in [3.05, 3.63) is 116 Å². The number of amides is 1. The number of carbonyl (C=O) groups excluding carboxylic acids is 1. The highest BCUT2D eigenvalue weighted by atomic mass is 79.9. The molecule has 12 heteroatoms. The van der Waals surface area contributed by atoms with E-state index in [2.05, 4.69) is 26.5 Å². The second kappa shape index (κ2) is 14.3. The number of carbonyl (C=O) groups is 1. The third kappa shape index (κ3) is 8.08. The summed E-state index contributed by atoms with van der Waals surface area (Å²) >= 11 is 15.7. The Morgan fingerprint density at radius 1 is 1.02 bits per heavy atom. The smallest absolute Gasteiger partial charge is 0.264 e. The van der Waals surface area contributed by atoms with Crippen molar-refractivity contribution in [3.63, 3.8) is 0 Å². The first-order valence-electron chi connectivity index (χ1n) is 12.9. The number of hydrogen-bond donors (Lipinski definition) is 1. The molecule has 0 atom stereocenters. The summed E-state index contributed by atoms with van der Waals surface area (Å²) in [5.74, 6) is 0.244. The summed E-state index contributed by atoms with van der Waals surface area (Å²) in [6, 6.07) is 22.0. The maximum absolute atomic E-state index is 13.6. The normalized spacial score (nSPS) is 11.4. The summed E-state index contributed by atoms with van der Waals surface area (Å²) in [4.78, 5) is 13.0. The standard InChI is InChI=1S/C31H28BrCl2N3O5S/c1-20-8-12-25(13-9-20)43(39,40)37(28-7-5-4-6-21(28)2)18-30(38)36-35-17-22-14-26(32)31(29(15-22)41-3)42-19-23-10-11-24(33)16-27(23)34/h4-17H,18-19H2,1-3H3,(H,36,38)/b35-17-. The monoisotopic (exact) mass is 703 g/mol. The van der Waals surface area contributed by atoms with E-state index >= 15 is 0 Å². The highest BCUT2D eigenvalue weighted by molar-refractivity contribution is 9.10. The zero-order valence-electron chi connectivity index (χ0n) is 23.5. The first-order chi connectivity index (χ1) is 20.5. The number of ether oxygens (including phenoxy) is 2. The molecule has 1 amide bonds. The molecule has 8 nitrogen and oxygen atoms in total. The molecule has 0 saturated heterocycles. The number of aryl methyl sites for hydroxylation is 2. The lowest BCUT2D eigenvalue weighted by Crippen LogP contribution is -2.40. The first kappa shape index (κ1) is 32.3. The number of hydrogen-bond acceptors (Lipinski definition) is 6. The molecule has 43 heavy (non-hydrogen) atoms. The topological polar surface area (TPSA) is 97.3 Å². The lowest BCUT2D eigenvalue weighted by atomic mass is 10.2. The van der Waals surface area contributed by atoms with E-state index < -0.39 is 22.5 Å². The molecule has 0 unspecified atom stereocenters. The zero-order chi connectivity index (χ0) is 31.1. The van der Waals surface area contributed by atoms with Crippen molar-refractivity contribution >= 4 is 67.0 Å². The molecule has 0 fully saturated rings. The maximum Gasteiger partial charge on any atom is 0.264 e. The number of nitrogens with zero attached hydrogens (tertiary/aromatic N) is 2. The van der Waals surface area contributed by atoms with Crippen molar-refractivity contribution < 1.29 is 22.7 Å². The number of benzene rings is 4. The number of halogens is 3. The van der Waals surface area contributed by atoms with Gasteiger partial charge in [-0.2, -0.15) is 5.10 Å². The average Bonchev–Trinajstić information content (AvgIpc) is 2.96. The van der Waals surface area contributed by atoms with Crippen LogP contribution in [0.2, 0.25) is 10.0 Å². The molecule has 0 aromatic heterocycles. The van der Waals surface area contributed by atoms with Gasteiger partial charge in [0, 0.05) is 15.6 Å². The minimum Gasteiger partial charge on any atom is -0.493 e. The van der Waals surface area contributed by atoms with Crippen LogP contribution in [0.1, 0.15) is 22.3 Å². The van der Waals surface area contributed by atoms with Gasteiger partial charge in [-0.3, -0.25) is 9.10 Å². The number of nitrogens with one attached hydrogen (secondary N) is 1. The third-order valence-corrected chi connectivity index (χ3v) is 9.27. The Morgan fingerprint density at radius 3 is 2.42 bits per heavy atom. The minimum absolute atomic E-state index is 0.0789. The van der Waals surface area contributed by atoms with Crippen molar-refractivity contribution in [1.29, 1.82) is 0 Å². The van der Waals surface area contributed by atoms with E-state index in [1.54, 1.807) is 73.7 Å². The van der Waals surface area contributed by atoms with Crippen LogP contribution in [0.3, 0.4) is 0 Å². The van der Waals surface area contributed by atoms with E-state index in [0.29, 0.717) is 42.8 Å². The van der Waals surface area contributed by atoms with Crippen molar-refractivity contribution in [2.24, 2.45) is 5.10 Å². The molecule has 4 aromatic carbocycles. The van der Waals surface area contributed by atoms with Gasteiger partial charge >= 0.3 is 0 Å². The molecule has 0 aliphatic heterocycles. The van der Waals surface area contributed by atoms with Gasteiger partial charge in [-0.05, 0) is 83.4 Å². The minimum atomic E-state index is -4.05. The van der Waals surface area contributed by atoms with Gasteiger partial charge < -0.3 is 9.47 Å². The van der Waals surface area contributed by atoms with Crippen molar-refractivity contribution in [2.45, 2.75) is 25.3 Å². The molecule has 0 aliphatic rings. The summed E-state index contributed by atoms with van der Waals surface area (Å²) in [6.07, 6.45) is 1.41. The number of hydrazone groups is 1. The van der Waals surface area contributed by atoms with Crippen LogP contribution >= 0.6 is 39.1 Å². The van der Waals surface area contributed by atoms with Crippen LogP contribution in [0.4, 0.5) is 5.69 Å². The van der Waals surface area contributed by atoms with Crippen molar-refractivity contribution in [2.75, 3.05) is 18.0 Å². The van der Waals surface area contributed by atoms with E-state index in [1.807, 2.05) is 6.92 Å². The molecule has 0 heterocycles. The predicted octanol–water partition coefficient (Wildman–Crippen LogP) is 7.31. The fraction of sp³-hybridized carbons (Fsp3) is 0.161. The fourth-order valence-corrected chi connectivity index (χ4v) is 6.59. The second-order valence-electron chi connectivity index (χ2n) is 9.46. The molecule has 0 radical (unpaired) electrons. The van der Waals surface area contributed by atoms with Crippen LogP contribution in [0.25, 0.3) is 0 Å². The number of anilines is 1. The van der Waals surface area contributed by atoms with Crippen molar-refractivity contribution in [1.82, 2.24) is 5.43 Å². The van der Waals surface area contributed by atoms with Gasteiger partial charge in [0.2, 0.25) is 0 Å². The molecule has 0 spiro atoms. The van der Waals surface area contributed by atoms with Crippen LogP contribution < -0.4 is 19.2 Å². The Morgan fingerprint density at radius 2 is 1.74 bits per heavy atom. The predicted molar refractivity (Wildman–Crippen MR) is 174 cm³/mol. The van der Waals surface area contributed by atoms with Gasteiger partial charge in [-0.25, -0.2) is 13.8 Å². The van der Waals surface area contributed by atoms with Gasteiger partial charge in [0.25, 0.3) is 15.9 Å². The summed E-state index contributed by atoms with van der Waals surface area (Å²) in [6.45, 7) is 3.35. The Kier molecular flexibility index (Phi) is 10.7. The Bertz CT molecular complexity index is 1770. The average molecular weight is 705 g/mol. The lowest BCUT2D eigenvalue weighted by Gasteiger charge is -2.25. The van der Waals surface area contributed by atoms with Crippen molar-refractivity contribution in [3.8, 4) is 11.5 Å². The molecular formula is C31H28BrCl2N3O5S. The Hall–Kier alpha value is -3.57. The van der Waals surface area contributed by atoms with Gasteiger partial charge in [0.15, 0.2) is 11.5 Å². The molecule has 224 valence electrons. The Balaban J connectivity index is 1.49. The van der Waals surface area contributed by atoms with Gasteiger partial charge in [0.1, 0.15) is 13.2 Å². The summed E-state index contributed by atoms with van der Waals surface area (Å²) in [5.41, 5.74) is 5.77. The highest BCUT2D eigenvalue weighted by Crippen LogP contribution is 2.37. The quantitative estimate of drug-likeness (QED) is 0.131. The summed E-state index contributed by atoms with van der Waals surface area (Å²) in [5, 5.41) is 5.05. The third-order valence-electron chi connectivity index (χ3n) is 6.32. The van der Waals surface area contributed by atoms with E-state index in [1.165, 1.54) is 25.5 Å². The molecule has 4 aromatic rings. The van der Waals surface area contributed by atoms with Crippen LogP contribution in [-0.2, 0) is 21.4 Å². The number of sulfonamides is 1. The maximum atomic E-state index is 13.6. The zero-order valence-corrected chi connectivity index (χ0v) is 27.4. The Labute approximate surface area is 269 Å². The van der Waals surface area contributed by atoms with Gasteiger partial charge in [-0.1, -0.05) is 65.2 Å². The number of para-hydroxylation sites is 1. The van der Waals surface area contributed by atoms with E-state index in [4.69, 9.17) is 32.7 Å². The molecule has 0 aliphatic carbocycles.